The van der Waals surface area contributed by atoms with Gasteiger partial charge in [-0.05, 0) is 101 Å². The molecular formula is C32H40N2O4. The molecule has 0 radical (unpaired) electrons. The van der Waals surface area contributed by atoms with Crippen LogP contribution < -0.4 is 10.4 Å². The van der Waals surface area contributed by atoms with Crippen LogP contribution in [0.3, 0.4) is 0 Å². The summed E-state index contributed by atoms with van der Waals surface area (Å²) < 4.78 is 12.0. The standard InChI is InChI=1S/C32H40N2O4/c1-19-24-15-20-9-10-32(2,3)38-27(20)17-28(24)37-31(36)25(19)16-29(35)34-12-6-7-21-13-22-14-23(30(21)34)18-33-11-5-4-8-26(22)33/h13,15,17,22-23,26,30H,4-12,14,16,18H2,1-3H3. The summed E-state index contributed by atoms with van der Waals surface area (Å²) in [5.41, 5.74) is 3.90. The quantitative estimate of drug-likeness (QED) is 0.407. The van der Waals surface area contributed by atoms with Gasteiger partial charge >= 0.3 is 5.63 Å². The predicted octanol–water partition coefficient (Wildman–Crippen LogP) is 5.17. The van der Waals surface area contributed by atoms with E-state index in [2.05, 4.69) is 35.8 Å². The van der Waals surface area contributed by atoms with E-state index >= 15 is 0 Å². The van der Waals surface area contributed by atoms with Crippen molar-refractivity contribution in [3.05, 3.63) is 50.9 Å². The Hall–Kier alpha value is -2.60. The second kappa shape index (κ2) is 8.97. The summed E-state index contributed by atoms with van der Waals surface area (Å²) in [7, 11) is 0. The van der Waals surface area contributed by atoms with Crippen LogP contribution in [0.2, 0.25) is 0 Å². The number of fused-ring (bicyclic) bond motifs is 8. The second-order valence-corrected chi connectivity index (χ2v) is 13.1. The van der Waals surface area contributed by atoms with E-state index in [-0.39, 0.29) is 24.0 Å². The van der Waals surface area contributed by atoms with Crippen molar-refractivity contribution in [2.75, 3.05) is 19.6 Å². The Bertz CT molecular complexity index is 1390. The van der Waals surface area contributed by atoms with E-state index in [0.717, 1.165) is 61.0 Å². The Morgan fingerprint density at radius 1 is 1.13 bits per heavy atom. The zero-order chi connectivity index (χ0) is 26.2. The van der Waals surface area contributed by atoms with Crippen molar-refractivity contribution in [1.29, 1.82) is 0 Å². The number of carbonyl (C=O) groups excluding carboxylic acids is 1. The molecule has 7 rings (SSSR count). The lowest BCUT2D eigenvalue weighted by Crippen LogP contribution is -2.60. The SMILES string of the molecule is Cc1c(CC(=O)N2CCCC3=CC4CC(CN5CCCCC45)C32)c(=O)oc2cc3c(cc12)CCC(C)(C)O3. The fraction of sp³-hybridized carbons (Fsp3) is 0.625. The van der Waals surface area contributed by atoms with Crippen molar-refractivity contribution in [1.82, 2.24) is 9.80 Å². The minimum absolute atomic E-state index is 0.0672. The molecule has 1 amide bonds. The molecule has 38 heavy (non-hydrogen) atoms. The smallest absolute Gasteiger partial charge is 0.340 e. The first-order chi connectivity index (χ1) is 18.3. The molecule has 2 aromatic rings. The lowest BCUT2D eigenvalue weighted by atomic mass is 9.68. The van der Waals surface area contributed by atoms with Crippen LogP contribution in [-0.4, -0.2) is 53.0 Å². The van der Waals surface area contributed by atoms with Gasteiger partial charge in [0.15, 0.2) is 0 Å². The molecular weight excluding hydrogens is 476 g/mol. The molecule has 0 spiro atoms. The Morgan fingerprint density at radius 3 is 2.87 bits per heavy atom. The van der Waals surface area contributed by atoms with Gasteiger partial charge in [0.25, 0.3) is 0 Å². The molecule has 1 aromatic heterocycles. The molecule has 1 aliphatic carbocycles. The van der Waals surface area contributed by atoms with Crippen LogP contribution in [0, 0.1) is 18.8 Å². The molecule has 202 valence electrons. The number of hydrogen-bond acceptors (Lipinski definition) is 5. The monoisotopic (exact) mass is 516 g/mol. The average Bonchev–Trinajstić information content (AvgIpc) is 2.89. The lowest BCUT2D eigenvalue weighted by molar-refractivity contribution is -0.135. The van der Waals surface area contributed by atoms with Crippen LogP contribution in [0.4, 0.5) is 0 Å². The highest BCUT2D eigenvalue weighted by atomic mass is 16.5. The fourth-order valence-electron chi connectivity index (χ4n) is 8.25. The van der Waals surface area contributed by atoms with E-state index in [0.29, 0.717) is 29.0 Å². The summed E-state index contributed by atoms with van der Waals surface area (Å²) in [6, 6.07) is 4.86. The van der Waals surface area contributed by atoms with Gasteiger partial charge in [0.05, 0.1) is 18.0 Å². The topological polar surface area (TPSA) is 63.0 Å². The van der Waals surface area contributed by atoms with Crippen molar-refractivity contribution < 1.29 is 13.9 Å². The van der Waals surface area contributed by atoms with Crippen LogP contribution in [0.1, 0.15) is 75.5 Å². The summed E-state index contributed by atoms with van der Waals surface area (Å²) in [4.78, 5) is 31.9. The number of amides is 1. The number of piperidine rings is 3. The van der Waals surface area contributed by atoms with E-state index in [1.807, 2.05) is 13.0 Å². The van der Waals surface area contributed by atoms with Gasteiger partial charge in [0, 0.05) is 30.6 Å². The number of carbonyl (C=O) groups is 1. The average molecular weight is 517 g/mol. The largest absolute Gasteiger partial charge is 0.487 e. The van der Waals surface area contributed by atoms with Gasteiger partial charge in [0.2, 0.25) is 5.91 Å². The summed E-state index contributed by atoms with van der Waals surface area (Å²) >= 11 is 0. The molecule has 5 heterocycles. The summed E-state index contributed by atoms with van der Waals surface area (Å²) in [6.45, 7) is 9.22. The Morgan fingerprint density at radius 2 is 2.00 bits per heavy atom. The fourth-order valence-corrected chi connectivity index (χ4v) is 8.25. The maximum atomic E-state index is 13.9. The minimum Gasteiger partial charge on any atom is -0.487 e. The summed E-state index contributed by atoms with van der Waals surface area (Å²) in [5.74, 6) is 2.01. The van der Waals surface area contributed by atoms with Gasteiger partial charge < -0.3 is 14.1 Å². The van der Waals surface area contributed by atoms with Gasteiger partial charge in [-0.2, -0.15) is 0 Å². The van der Waals surface area contributed by atoms with E-state index in [1.165, 1.54) is 37.8 Å². The first-order valence-electron chi connectivity index (χ1n) is 14.8. The van der Waals surface area contributed by atoms with Gasteiger partial charge in [-0.3, -0.25) is 9.69 Å². The van der Waals surface area contributed by atoms with Crippen LogP contribution in [0.5, 0.6) is 5.75 Å². The van der Waals surface area contributed by atoms with Crippen LogP contribution >= 0.6 is 0 Å². The molecule has 1 aromatic carbocycles. The van der Waals surface area contributed by atoms with Crippen molar-refractivity contribution in [2.24, 2.45) is 11.8 Å². The van der Waals surface area contributed by atoms with Crippen LogP contribution in [-0.2, 0) is 17.6 Å². The molecule has 0 N–H and O–H groups in total. The highest BCUT2D eigenvalue weighted by Gasteiger charge is 2.47. The van der Waals surface area contributed by atoms with E-state index in [9.17, 15) is 9.59 Å². The molecule has 4 aliphatic heterocycles. The normalized spacial score (nSPS) is 30.1. The molecule has 4 atom stereocenters. The van der Waals surface area contributed by atoms with Crippen LogP contribution in [0.15, 0.2) is 33.0 Å². The number of benzene rings is 1. The number of rotatable bonds is 2. The highest BCUT2D eigenvalue weighted by molar-refractivity contribution is 5.86. The third-order valence-electron chi connectivity index (χ3n) is 10.2. The Balaban J connectivity index is 1.18. The van der Waals surface area contributed by atoms with E-state index in [4.69, 9.17) is 9.15 Å². The number of likely N-dealkylation sites (tertiary alicyclic amines) is 1. The molecule has 3 saturated heterocycles. The van der Waals surface area contributed by atoms with Crippen LogP contribution in [0.25, 0.3) is 11.0 Å². The third kappa shape index (κ3) is 4.02. The minimum atomic E-state index is -0.399. The molecule has 0 saturated carbocycles. The van der Waals surface area contributed by atoms with Gasteiger partial charge in [-0.15, -0.1) is 0 Å². The van der Waals surface area contributed by atoms with Crippen molar-refractivity contribution >= 4 is 16.9 Å². The number of aryl methyl sites for hydroxylation is 2. The van der Waals surface area contributed by atoms with Gasteiger partial charge in [-0.1, -0.05) is 18.1 Å². The Kier molecular flexibility index (Phi) is 5.77. The molecule has 5 aliphatic rings. The number of ether oxygens (including phenoxy) is 1. The third-order valence-corrected chi connectivity index (χ3v) is 10.2. The van der Waals surface area contributed by atoms with Crippen molar-refractivity contribution in [2.45, 2.75) is 96.2 Å². The first kappa shape index (κ1) is 24.4. The highest BCUT2D eigenvalue weighted by Crippen LogP contribution is 2.45. The molecule has 2 bridgehead atoms. The predicted molar refractivity (Wildman–Crippen MR) is 148 cm³/mol. The molecule has 6 heteroatoms. The van der Waals surface area contributed by atoms with Crippen molar-refractivity contribution in [3.63, 3.8) is 0 Å². The number of nitrogens with zero attached hydrogens (tertiary/aromatic N) is 2. The molecule has 4 unspecified atom stereocenters. The zero-order valence-corrected chi connectivity index (χ0v) is 23.1. The molecule has 3 fully saturated rings. The maximum absolute atomic E-state index is 13.9. The van der Waals surface area contributed by atoms with Gasteiger partial charge in [0.1, 0.15) is 16.9 Å². The summed E-state index contributed by atoms with van der Waals surface area (Å²) in [6.07, 6.45) is 11.8. The lowest BCUT2D eigenvalue weighted by Gasteiger charge is -2.54. The maximum Gasteiger partial charge on any atom is 0.340 e. The Labute approximate surface area is 225 Å². The second-order valence-electron chi connectivity index (χ2n) is 13.1. The van der Waals surface area contributed by atoms with Gasteiger partial charge in [-0.25, -0.2) is 4.79 Å². The first-order valence-corrected chi connectivity index (χ1v) is 14.8. The van der Waals surface area contributed by atoms with E-state index < -0.39 is 5.63 Å². The zero-order valence-electron chi connectivity index (χ0n) is 23.1. The molecule has 6 nitrogen and oxygen atoms in total. The van der Waals surface area contributed by atoms with E-state index in [1.54, 1.807) is 0 Å². The van der Waals surface area contributed by atoms with Crippen molar-refractivity contribution in [3.8, 4) is 5.75 Å². The number of hydrogen-bond donors (Lipinski definition) is 0. The summed E-state index contributed by atoms with van der Waals surface area (Å²) in [5, 5.41) is 0.914.